The summed E-state index contributed by atoms with van der Waals surface area (Å²) in [6.45, 7) is 0. The zero-order valence-electron chi connectivity index (χ0n) is 11.4. The quantitative estimate of drug-likeness (QED) is 0.701. The highest BCUT2D eigenvalue weighted by atomic mass is 19.4. The van der Waals surface area contributed by atoms with Crippen molar-refractivity contribution in [3.63, 3.8) is 0 Å². The second kappa shape index (κ2) is 5.38. The maximum atomic E-state index is 13.7. The van der Waals surface area contributed by atoms with Gasteiger partial charge in [-0.2, -0.15) is 13.2 Å². The molecule has 3 rings (SSSR count). The number of pyridine rings is 1. The molecule has 2 N–H and O–H groups in total. The fourth-order valence-corrected chi connectivity index (χ4v) is 2.06. The fraction of sp³-hybridized carbons (Fsp3) is 0.0667. The molecular formula is C15H9F4N3O. The molecule has 4 nitrogen and oxygen atoms in total. The van der Waals surface area contributed by atoms with Gasteiger partial charge in [0.15, 0.2) is 0 Å². The maximum Gasteiger partial charge on any atom is 0.416 e. The number of nitrogens with one attached hydrogen (secondary N) is 2. The number of H-pyrrole nitrogens is 1. The van der Waals surface area contributed by atoms with Gasteiger partial charge in [0.2, 0.25) is 0 Å². The Kier molecular flexibility index (Phi) is 3.51. The molecule has 0 aliphatic carbocycles. The molecule has 0 saturated heterocycles. The molecule has 1 amide bonds. The molecule has 0 atom stereocenters. The van der Waals surface area contributed by atoms with Gasteiger partial charge in [-0.05, 0) is 36.4 Å². The second-order valence-corrected chi connectivity index (χ2v) is 4.77. The van der Waals surface area contributed by atoms with Crippen molar-refractivity contribution in [2.75, 3.05) is 5.32 Å². The van der Waals surface area contributed by atoms with Crippen LogP contribution in [0.2, 0.25) is 0 Å². The number of benzene rings is 1. The third-order valence-corrected chi connectivity index (χ3v) is 3.18. The van der Waals surface area contributed by atoms with Gasteiger partial charge in [-0.1, -0.05) is 0 Å². The van der Waals surface area contributed by atoms with Crippen molar-refractivity contribution in [1.82, 2.24) is 9.97 Å². The Morgan fingerprint density at radius 3 is 2.61 bits per heavy atom. The molecular weight excluding hydrogens is 314 g/mol. The Morgan fingerprint density at radius 1 is 1.17 bits per heavy atom. The van der Waals surface area contributed by atoms with Gasteiger partial charge >= 0.3 is 6.18 Å². The number of aromatic amines is 1. The third-order valence-electron chi connectivity index (χ3n) is 3.18. The summed E-state index contributed by atoms with van der Waals surface area (Å²) in [5, 5.41) is 2.91. The molecule has 3 aromatic rings. The van der Waals surface area contributed by atoms with E-state index in [0.717, 1.165) is 6.07 Å². The van der Waals surface area contributed by atoms with E-state index in [9.17, 15) is 22.4 Å². The van der Waals surface area contributed by atoms with Crippen LogP contribution in [0.4, 0.5) is 23.2 Å². The largest absolute Gasteiger partial charge is 0.416 e. The van der Waals surface area contributed by atoms with E-state index in [1.165, 1.54) is 12.3 Å². The molecule has 0 saturated carbocycles. The van der Waals surface area contributed by atoms with Gasteiger partial charge < -0.3 is 10.3 Å². The summed E-state index contributed by atoms with van der Waals surface area (Å²) in [7, 11) is 0. The maximum absolute atomic E-state index is 13.7. The highest BCUT2D eigenvalue weighted by Crippen LogP contribution is 2.31. The van der Waals surface area contributed by atoms with Crippen LogP contribution in [0.25, 0.3) is 11.0 Å². The number of fused-ring (bicyclic) bond motifs is 1. The standard InChI is InChI=1S/C15H9F4N3O/c16-10-7-9(15(17,18)19)3-4-11(10)22-14(23)12-6-8-2-1-5-20-13(8)21-12/h1-7H,(H,20,21)(H,22,23). The van der Waals surface area contributed by atoms with E-state index < -0.39 is 23.5 Å². The fourth-order valence-electron chi connectivity index (χ4n) is 2.06. The van der Waals surface area contributed by atoms with Crippen molar-refractivity contribution in [2.45, 2.75) is 6.18 Å². The lowest BCUT2D eigenvalue weighted by Gasteiger charge is -2.09. The minimum atomic E-state index is -4.65. The van der Waals surface area contributed by atoms with Gasteiger partial charge in [0.05, 0.1) is 11.3 Å². The van der Waals surface area contributed by atoms with Gasteiger partial charge in [0, 0.05) is 11.6 Å². The predicted molar refractivity (Wildman–Crippen MR) is 75.4 cm³/mol. The van der Waals surface area contributed by atoms with Crippen LogP contribution in [0.15, 0.2) is 42.6 Å². The Balaban J connectivity index is 1.85. The number of alkyl halides is 3. The molecule has 0 bridgehead atoms. The topological polar surface area (TPSA) is 57.8 Å². The van der Waals surface area contributed by atoms with Gasteiger partial charge in [-0.25, -0.2) is 9.37 Å². The van der Waals surface area contributed by atoms with Gasteiger partial charge in [0.25, 0.3) is 5.91 Å². The summed E-state index contributed by atoms with van der Waals surface area (Å²) in [5.74, 6) is -1.84. The lowest BCUT2D eigenvalue weighted by atomic mass is 10.2. The summed E-state index contributed by atoms with van der Waals surface area (Å²) in [6, 6.07) is 6.84. The molecule has 8 heteroatoms. The zero-order valence-corrected chi connectivity index (χ0v) is 11.4. The van der Waals surface area contributed by atoms with Crippen LogP contribution in [-0.2, 0) is 6.18 Å². The van der Waals surface area contributed by atoms with E-state index in [1.54, 1.807) is 12.1 Å². The molecule has 23 heavy (non-hydrogen) atoms. The number of carbonyl (C=O) groups excluding carboxylic acids is 1. The Hall–Kier alpha value is -2.90. The van der Waals surface area contributed by atoms with Crippen molar-refractivity contribution in [1.29, 1.82) is 0 Å². The van der Waals surface area contributed by atoms with Crippen molar-refractivity contribution in [2.24, 2.45) is 0 Å². The van der Waals surface area contributed by atoms with Crippen molar-refractivity contribution >= 4 is 22.6 Å². The number of hydrogen-bond donors (Lipinski definition) is 2. The number of hydrogen-bond acceptors (Lipinski definition) is 2. The Labute approximate surface area is 127 Å². The van der Waals surface area contributed by atoms with E-state index >= 15 is 0 Å². The first kappa shape index (κ1) is 15.0. The smallest absolute Gasteiger partial charge is 0.335 e. The minimum Gasteiger partial charge on any atom is -0.335 e. The molecule has 0 spiro atoms. The minimum absolute atomic E-state index is 0.123. The molecule has 118 valence electrons. The molecule has 1 aromatic carbocycles. The van der Waals surface area contributed by atoms with E-state index in [1.807, 2.05) is 0 Å². The summed E-state index contributed by atoms with van der Waals surface area (Å²) < 4.78 is 51.2. The molecule has 0 aliphatic rings. The highest BCUT2D eigenvalue weighted by molar-refractivity contribution is 6.05. The lowest BCUT2D eigenvalue weighted by molar-refractivity contribution is -0.137. The van der Waals surface area contributed by atoms with Gasteiger partial charge in [0.1, 0.15) is 17.2 Å². The highest BCUT2D eigenvalue weighted by Gasteiger charge is 2.31. The van der Waals surface area contributed by atoms with Crippen LogP contribution >= 0.6 is 0 Å². The molecule has 2 heterocycles. The second-order valence-electron chi connectivity index (χ2n) is 4.77. The van der Waals surface area contributed by atoms with E-state index in [0.29, 0.717) is 23.2 Å². The Morgan fingerprint density at radius 2 is 1.96 bits per heavy atom. The van der Waals surface area contributed by atoms with Gasteiger partial charge in [-0.15, -0.1) is 0 Å². The summed E-state index contributed by atoms with van der Waals surface area (Å²) in [4.78, 5) is 18.8. The number of halogens is 4. The normalized spacial score (nSPS) is 11.7. The first-order valence-corrected chi connectivity index (χ1v) is 6.46. The first-order valence-electron chi connectivity index (χ1n) is 6.46. The third kappa shape index (κ3) is 3.01. The Bertz CT molecular complexity index is 853. The van der Waals surface area contributed by atoms with Crippen LogP contribution in [0.1, 0.15) is 16.1 Å². The summed E-state index contributed by atoms with van der Waals surface area (Å²) in [5.41, 5.74) is -0.860. The van der Waals surface area contributed by atoms with Crippen molar-refractivity contribution in [3.05, 3.63) is 59.7 Å². The number of anilines is 1. The lowest BCUT2D eigenvalue weighted by Crippen LogP contribution is -2.14. The average Bonchev–Trinajstić information content (AvgIpc) is 2.92. The van der Waals surface area contributed by atoms with E-state index in [4.69, 9.17) is 0 Å². The molecule has 0 fully saturated rings. The van der Waals surface area contributed by atoms with E-state index in [-0.39, 0.29) is 11.4 Å². The molecule has 0 unspecified atom stereocenters. The number of rotatable bonds is 2. The van der Waals surface area contributed by atoms with Crippen molar-refractivity contribution < 1.29 is 22.4 Å². The first-order chi connectivity index (χ1) is 10.8. The van der Waals surface area contributed by atoms with E-state index in [2.05, 4.69) is 15.3 Å². The van der Waals surface area contributed by atoms with Crippen molar-refractivity contribution in [3.8, 4) is 0 Å². The molecule has 0 aliphatic heterocycles. The van der Waals surface area contributed by atoms with Crippen LogP contribution in [0.3, 0.4) is 0 Å². The SMILES string of the molecule is O=C(Nc1ccc(C(F)(F)F)cc1F)c1cc2cccnc2[nH]1. The number of nitrogens with zero attached hydrogens (tertiary/aromatic N) is 1. The average molecular weight is 323 g/mol. The zero-order chi connectivity index (χ0) is 16.6. The van der Waals surface area contributed by atoms with Crippen LogP contribution in [-0.4, -0.2) is 15.9 Å². The number of aromatic nitrogens is 2. The monoisotopic (exact) mass is 323 g/mol. The van der Waals surface area contributed by atoms with Crippen LogP contribution in [0, 0.1) is 5.82 Å². The van der Waals surface area contributed by atoms with Crippen LogP contribution < -0.4 is 5.32 Å². The van der Waals surface area contributed by atoms with Crippen LogP contribution in [0.5, 0.6) is 0 Å². The summed E-state index contributed by atoms with van der Waals surface area (Å²) >= 11 is 0. The molecule has 2 aromatic heterocycles. The molecule has 0 radical (unpaired) electrons. The summed E-state index contributed by atoms with van der Waals surface area (Å²) in [6.07, 6.45) is -3.11. The number of amides is 1. The number of carbonyl (C=O) groups is 1. The van der Waals surface area contributed by atoms with Gasteiger partial charge in [-0.3, -0.25) is 4.79 Å². The predicted octanol–water partition coefficient (Wildman–Crippen LogP) is 3.97.